The number of rotatable bonds is 5. The van der Waals surface area contributed by atoms with Crippen LogP contribution in [0.15, 0.2) is 42.6 Å². The fourth-order valence-corrected chi connectivity index (χ4v) is 2.78. The number of aryl methyl sites for hydroxylation is 1. The van der Waals surface area contributed by atoms with Crippen molar-refractivity contribution < 1.29 is 27.4 Å². The first-order valence-corrected chi connectivity index (χ1v) is 8.19. The number of alkyl halides is 3. The quantitative estimate of drug-likeness (QED) is 0.877. The summed E-state index contributed by atoms with van der Waals surface area (Å²) in [7, 11) is 0. The van der Waals surface area contributed by atoms with E-state index in [0.717, 1.165) is 5.56 Å². The van der Waals surface area contributed by atoms with Gasteiger partial charge in [-0.15, -0.1) is 13.2 Å². The molecule has 0 aliphatic carbocycles. The standard InChI is InChI=1S/C18H19F3N2O3/c1-12-5-4-8-23-16(12)17(15-11-22-9-10-24-15)25-13-6-2-3-7-14(13)26-18(19,20)21/h2-8,15,17,22H,9-11H2,1H3. The van der Waals surface area contributed by atoms with Crippen LogP contribution in [0, 0.1) is 6.92 Å². The second-order valence-electron chi connectivity index (χ2n) is 5.85. The van der Waals surface area contributed by atoms with Gasteiger partial charge < -0.3 is 19.5 Å². The summed E-state index contributed by atoms with van der Waals surface area (Å²) in [5.41, 5.74) is 1.48. The van der Waals surface area contributed by atoms with Gasteiger partial charge >= 0.3 is 6.36 Å². The van der Waals surface area contributed by atoms with Crippen LogP contribution in [-0.2, 0) is 4.74 Å². The molecule has 1 fully saturated rings. The lowest BCUT2D eigenvalue weighted by molar-refractivity contribution is -0.275. The Hall–Kier alpha value is -2.32. The summed E-state index contributed by atoms with van der Waals surface area (Å²) in [6.07, 6.45) is -4.26. The lowest BCUT2D eigenvalue weighted by Gasteiger charge is -2.32. The highest BCUT2D eigenvalue weighted by atomic mass is 19.4. The third kappa shape index (κ3) is 4.64. The minimum Gasteiger partial charge on any atom is -0.477 e. The smallest absolute Gasteiger partial charge is 0.477 e. The number of morpholine rings is 1. The Morgan fingerprint density at radius 2 is 1.96 bits per heavy atom. The van der Waals surface area contributed by atoms with Crippen LogP contribution in [-0.4, -0.2) is 37.1 Å². The summed E-state index contributed by atoms with van der Waals surface area (Å²) in [6.45, 7) is 3.56. The maximum absolute atomic E-state index is 12.7. The predicted octanol–water partition coefficient (Wildman–Crippen LogP) is 3.40. The minimum absolute atomic E-state index is 0.0194. The first-order chi connectivity index (χ1) is 12.4. The molecule has 2 aromatic rings. The molecule has 0 saturated carbocycles. The molecule has 0 amide bonds. The van der Waals surface area contributed by atoms with E-state index in [-0.39, 0.29) is 5.75 Å². The second-order valence-corrected chi connectivity index (χ2v) is 5.85. The Morgan fingerprint density at radius 3 is 2.62 bits per heavy atom. The van der Waals surface area contributed by atoms with Gasteiger partial charge in [0.05, 0.1) is 12.3 Å². The van der Waals surface area contributed by atoms with Crippen LogP contribution in [0.2, 0.25) is 0 Å². The molecular formula is C18H19F3N2O3. The van der Waals surface area contributed by atoms with Crippen molar-refractivity contribution in [2.45, 2.75) is 25.5 Å². The molecule has 0 spiro atoms. The van der Waals surface area contributed by atoms with Gasteiger partial charge in [-0.3, -0.25) is 4.98 Å². The third-order valence-electron chi connectivity index (χ3n) is 3.94. The van der Waals surface area contributed by atoms with E-state index in [1.165, 1.54) is 18.2 Å². The molecule has 1 aliphatic heterocycles. The van der Waals surface area contributed by atoms with Crippen LogP contribution in [0.25, 0.3) is 0 Å². The number of halogens is 3. The highest BCUT2D eigenvalue weighted by molar-refractivity contribution is 5.40. The molecule has 0 radical (unpaired) electrons. The minimum atomic E-state index is -4.81. The van der Waals surface area contributed by atoms with E-state index < -0.39 is 24.3 Å². The Balaban J connectivity index is 1.93. The number of para-hydroxylation sites is 2. The molecule has 2 unspecified atom stereocenters. The normalized spacial score (nSPS) is 19.0. The van der Waals surface area contributed by atoms with Gasteiger partial charge in [0.25, 0.3) is 0 Å². The number of nitrogens with one attached hydrogen (secondary N) is 1. The van der Waals surface area contributed by atoms with E-state index in [1.807, 2.05) is 13.0 Å². The van der Waals surface area contributed by atoms with Crippen LogP contribution in [0.1, 0.15) is 17.4 Å². The van der Waals surface area contributed by atoms with Gasteiger partial charge in [-0.2, -0.15) is 0 Å². The monoisotopic (exact) mass is 368 g/mol. The van der Waals surface area contributed by atoms with Gasteiger partial charge in [-0.25, -0.2) is 0 Å². The first kappa shape index (κ1) is 18.5. The van der Waals surface area contributed by atoms with E-state index in [1.54, 1.807) is 18.3 Å². The number of aromatic nitrogens is 1. The zero-order chi connectivity index (χ0) is 18.6. The van der Waals surface area contributed by atoms with Gasteiger partial charge in [0.2, 0.25) is 0 Å². The van der Waals surface area contributed by atoms with Crippen molar-refractivity contribution in [1.82, 2.24) is 10.3 Å². The largest absolute Gasteiger partial charge is 0.573 e. The molecule has 2 heterocycles. The fraction of sp³-hybridized carbons (Fsp3) is 0.389. The predicted molar refractivity (Wildman–Crippen MR) is 88.1 cm³/mol. The highest BCUT2D eigenvalue weighted by Crippen LogP contribution is 2.36. The number of ether oxygens (including phenoxy) is 3. The molecule has 8 heteroatoms. The summed E-state index contributed by atoms with van der Waals surface area (Å²) in [6, 6.07) is 9.34. The lowest BCUT2D eigenvalue weighted by Crippen LogP contribution is -2.43. The first-order valence-electron chi connectivity index (χ1n) is 8.19. The molecule has 1 aliphatic rings. The van der Waals surface area contributed by atoms with Gasteiger partial charge in [-0.05, 0) is 30.7 Å². The Bertz CT molecular complexity index is 734. The average Bonchev–Trinajstić information content (AvgIpc) is 2.61. The lowest BCUT2D eigenvalue weighted by atomic mass is 10.0. The molecule has 1 saturated heterocycles. The average molecular weight is 368 g/mol. The highest BCUT2D eigenvalue weighted by Gasteiger charge is 2.34. The van der Waals surface area contributed by atoms with Crippen molar-refractivity contribution in [3.63, 3.8) is 0 Å². The molecule has 1 N–H and O–H groups in total. The number of hydrogen-bond acceptors (Lipinski definition) is 5. The van der Waals surface area contributed by atoms with E-state index >= 15 is 0 Å². The topological polar surface area (TPSA) is 52.6 Å². The van der Waals surface area contributed by atoms with Crippen molar-refractivity contribution >= 4 is 0 Å². The molecule has 1 aromatic heterocycles. The number of hydrogen-bond donors (Lipinski definition) is 1. The van der Waals surface area contributed by atoms with E-state index in [4.69, 9.17) is 9.47 Å². The third-order valence-corrected chi connectivity index (χ3v) is 3.94. The second kappa shape index (κ2) is 7.92. The summed E-state index contributed by atoms with van der Waals surface area (Å²) < 4.78 is 53.8. The van der Waals surface area contributed by atoms with E-state index in [2.05, 4.69) is 15.0 Å². The Morgan fingerprint density at radius 1 is 1.19 bits per heavy atom. The van der Waals surface area contributed by atoms with Crippen LogP contribution in [0.3, 0.4) is 0 Å². The van der Waals surface area contributed by atoms with Crippen molar-refractivity contribution in [3.8, 4) is 11.5 Å². The molecule has 140 valence electrons. The molecule has 5 nitrogen and oxygen atoms in total. The zero-order valence-corrected chi connectivity index (χ0v) is 14.1. The fourth-order valence-electron chi connectivity index (χ4n) is 2.78. The van der Waals surface area contributed by atoms with Crippen molar-refractivity contribution in [2.24, 2.45) is 0 Å². The molecular weight excluding hydrogens is 349 g/mol. The number of pyridine rings is 1. The summed E-state index contributed by atoms with van der Waals surface area (Å²) in [5.74, 6) is -0.420. The van der Waals surface area contributed by atoms with Gasteiger partial charge in [0.15, 0.2) is 17.6 Å². The van der Waals surface area contributed by atoms with Gasteiger partial charge in [-0.1, -0.05) is 18.2 Å². The van der Waals surface area contributed by atoms with Crippen LogP contribution >= 0.6 is 0 Å². The van der Waals surface area contributed by atoms with E-state index in [0.29, 0.717) is 25.4 Å². The Labute approximate surface area is 149 Å². The SMILES string of the molecule is Cc1cccnc1C(Oc1ccccc1OC(F)(F)F)C1CNCCO1. The van der Waals surface area contributed by atoms with Crippen LogP contribution < -0.4 is 14.8 Å². The number of nitrogens with zero attached hydrogens (tertiary/aromatic N) is 1. The molecule has 26 heavy (non-hydrogen) atoms. The summed E-state index contributed by atoms with van der Waals surface area (Å²) in [4.78, 5) is 4.36. The van der Waals surface area contributed by atoms with E-state index in [9.17, 15) is 13.2 Å². The number of benzene rings is 1. The van der Waals surface area contributed by atoms with Crippen LogP contribution in [0.5, 0.6) is 11.5 Å². The molecule has 3 rings (SSSR count). The zero-order valence-electron chi connectivity index (χ0n) is 14.1. The molecule has 0 bridgehead atoms. The van der Waals surface area contributed by atoms with Crippen molar-refractivity contribution in [1.29, 1.82) is 0 Å². The molecule has 2 atom stereocenters. The van der Waals surface area contributed by atoms with Crippen molar-refractivity contribution in [2.75, 3.05) is 19.7 Å². The Kier molecular flexibility index (Phi) is 5.63. The van der Waals surface area contributed by atoms with Crippen molar-refractivity contribution in [3.05, 3.63) is 53.9 Å². The van der Waals surface area contributed by atoms with Crippen LogP contribution in [0.4, 0.5) is 13.2 Å². The maximum Gasteiger partial charge on any atom is 0.573 e. The van der Waals surface area contributed by atoms with Gasteiger partial charge in [0.1, 0.15) is 6.10 Å². The van der Waals surface area contributed by atoms with Gasteiger partial charge in [0, 0.05) is 19.3 Å². The summed E-state index contributed by atoms with van der Waals surface area (Å²) >= 11 is 0. The maximum atomic E-state index is 12.7. The summed E-state index contributed by atoms with van der Waals surface area (Å²) in [5, 5.41) is 3.20. The molecule has 1 aromatic carbocycles.